The normalized spacial score (nSPS) is 13.0. The lowest BCUT2D eigenvalue weighted by molar-refractivity contribution is 0.440. The Hall–Kier alpha value is -0.0500. The molecule has 0 aromatic heterocycles. The summed E-state index contributed by atoms with van der Waals surface area (Å²) < 4.78 is 1.10. The molecule has 0 amide bonds. The molecule has 0 saturated carbocycles. The molecular formula is C15H23BrClN. The van der Waals surface area contributed by atoms with Crippen LogP contribution in [-0.4, -0.2) is 6.54 Å². The van der Waals surface area contributed by atoms with Gasteiger partial charge in [0.1, 0.15) is 0 Å². The summed E-state index contributed by atoms with van der Waals surface area (Å²) in [5, 5.41) is 4.41. The zero-order valence-corrected chi connectivity index (χ0v) is 13.8. The van der Waals surface area contributed by atoms with Crippen LogP contribution in [-0.2, 0) is 0 Å². The van der Waals surface area contributed by atoms with E-state index in [1.165, 1.54) is 12.0 Å². The number of benzene rings is 1. The third-order valence-electron chi connectivity index (χ3n) is 3.01. The third kappa shape index (κ3) is 5.29. The molecule has 0 aliphatic rings. The molecule has 1 nitrogen and oxygen atoms in total. The zero-order chi connectivity index (χ0) is 13.5. The van der Waals surface area contributed by atoms with Crippen LogP contribution in [0.3, 0.4) is 0 Å². The molecule has 1 atom stereocenters. The number of rotatable bonds is 7. The van der Waals surface area contributed by atoms with Crippen molar-refractivity contribution in [2.24, 2.45) is 5.92 Å². The largest absolute Gasteiger partial charge is 0.310 e. The van der Waals surface area contributed by atoms with Crippen molar-refractivity contribution in [2.45, 2.75) is 46.1 Å². The molecule has 0 spiro atoms. The number of hydrogen-bond donors (Lipinski definition) is 1. The summed E-state index contributed by atoms with van der Waals surface area (Å²) in [7, 11) is 0. The fraction of sp³-hybridized carbons (Fsp3) is 0.600. The van der Waals surface area contributed by atoms with Gasteiger partial charge in [0.2, 0.25) is 0 Å². The van der Waals surface area contributed by atoms with Crippen molar-refractivity contribution >= 4 is 27.5 Å². The van der Waals surface area contributed by atoms with Crippen molar-refractivity contribution in [2.75, 3.05) is 6.54 Å². The highest BCUT2D eigenvalue weighted by Gasteiger charge is 2.14. The first kappa shape index (κ1) is 16.0. The Labute approximate surface area is 124 Å². The van der Waals surface area contributed by atoms with Crippen LogP contribution in [0.2, 0.25) is 5.02 Å². The highest BCUT2D eigenvalue weighted by Crippen LogP contribution is 2.30. The Balaban J connectivity index is 2.79. The molecule has 0 radical (unpaired) electrons. The van der Waals surface area contributed by atoms with Gasteiger partial charge in [0, 0.05) is 15.5 Å². The van der Waals surface area contributed by atoms with E-state index in [1.54, 1.807) is 0 Å². The van der Waals surface area contributed by atoms with Crippen LogP contribution in [0.1, 0.15) is 51.6 Å². The SMILES string of the molecule is CCCNC(CCC(C)C)c1ccc(Cl)cc1Br. The van der Waals surface area contributed by atoms with Gasteiger partial charge in [0.05, 0.1) is 0 Å². The first-order valence-corrected chi connectivity index (χ1v) is 7.90. The van der Waals surface area contributed by atoms with Crippen molar-refractivity contribution < 1.29 is 0 Å². The predicted molar refractivity (Wildman–Crippen MR) is 84.3 cm³/mol. The van der Waals surface area contributed by atoms with E-state index in [0.29, 0.717) is 6.04 Å². The average Bonchev–Trinajstić information content (AvgIpc) is 2.30. The summed E-state index contributed by atoms with van der Waals surface area (Å²) in [4.78, 5) is 0. The second kappa shape index (κ2) is 8.19. The van der Waals surface area contributed by atoms with Crippen LogP contribution in [0.15, 0.2) is 22.7 Å². The van der Waals surface area contributed by atoms with E-state index in [0.717, 1.165) is 34.8 Å². The summed E-state index contributed by atoms with van der Waals surface area (Å²) in [6.07, 6.45) is 3.55. The summed E-state index contributed by atoms with van der Waals surface area (Å²) in [5.74, 6) is 0.738. The smallest absolute Gasteiger partial charge is 0.0417 e. The molecule has 1 rings (SSSR count). The predicted octanol–water partition coefficient (Wildman–Crippen LogP) is 5.58. The monoisotopic (exact) mass is 331 g/mol. The molecule has 1 N–H and O–H groups in total. The molecule has 0 fully saturated rings. The number of nitrogens with one attached hydrogen (secondary N) is 1. The van der Waals surface area contributed by atoms with Gasteiger partial charge in [-0.15, -0.1) is 0 Å². The van der Waals surface area contributed by atoms with Gasteiger partial charge in [0.25, 0.3) is 0 Å². The molecule has 0 aliphatic carbocycles. The second-order valence-electron chi connectivity index (χ2n) is 5.14. The maximum absolute atomic E-state index is 6.00. The van der Waals surface area contributed by atoms with E-state index in [-0.39, 0.29) is 0 Å². The van der Waals surface area contributed by atoms with Gasteiger partial charge in [-0.1, -0.05) is 54.4 Å². The molecule has 0 aliphatic heterocycles. The lowest BCUT2D eigenvalue weighted by Crippen LogP contribution is -2.23. The van der Waals surface area contributed by atoms with E-state index < -0.39 is 0 Å². The lowest BCUT2D eigenvalue weighted by atomic mass is 9.97. The fourth-order valence-corrected chi connectivity index (χ4v) is 2.93. The molecular weight excluding hydrogens is 310 g/mol. The summed E-state index contributed by atoms with van der Waals surface area (Å²) in [6, 6.07) is 6.49. The highest BCUT2D eigenvalue weighted by atomic mass is 79.9. The Morgan fingerprint density at radius 1 is 1.28 bits per heavy atom. The van der Waals surface area contributed by atoms with Gasteiger partial charge in [0.15, 0.2) is 0 Å². The Kier molecular flexibility index (Phi) is 7.28. The summed E-state index contributed by atoms with van der Waals surface area (Å²) in [6.45, 7) is 7.79. The van der Waals surface area contributed by atoms with Crippen LogP contribution < -0.4 is 5.32 Å². The van der Waals surface area contributed by atoms with Crippen molar-refractivity contribution in [1.82, 2.24) is 5.32 Å². The van der Waals surface area contributed by atoms with Crippen LogP contribution >= 0.6 is 27.5 Å². The minimum atomic E-state index is 0.416. The topological polar surface area (TPSA) is 12.0 Å². The average molecular weight is 333 g/mol. The molecule has 1 aromatic carbocycles. The third-order valence-corrected chi connectivity index (χ3v) is 3.93. The Morgan fingerprint density at radius 3 is 2.56 bits per heavy atom. The van der Waals surface area contributed by atoms with Crippen LogP contribution in [0.25, 0.3) is 0 Å². The zero-order valence-electron chi connectivity index (χ0n) is 11.5. The van der Waals surface area contributed by atoms with Gasteiger partial charge in [-0.3, -0.25) is 0 Å². The molecule has 0 saturated heterocycles. The van der Waals surface area contributed by atoms with E-state index in [9.17, 15) is 0 Å². The summed E-state index contributed by atoms with van der Waals surface area (Å²) >= 11 is 9.63. The molecule has 0 heterocycles. The first-order chi connectivity index (χ1) is 8.54. The van der Waals surface area contributed by atoms with Gasteiger partial charge >= 0.3 is 0 Å². The molecule has 0 bridgehead atoms. The highest BCUT2D eigenvalue weighted by molar-refractivity contribution is 9.10. The molecule has 102 valence electrons. The molecule has 1 aromatic rings. The minimum absolute atomic E-state index is 0.416. The molecule has 1 unspecified atom stereocenters. The maximum Gasteiger partial charge on any atom is 0.0417 e. The minimum Gasteiger partial charge on any atom is -0.310 e. The van der Waals surface area contributed by atoms with Gasteiger partial charge < -0.3 is 5.32 Å². The summed E-state index contributed by atoms with van der Waals surface area (Å²) in [5.41, 5.74) is 1.31. The van der Waals surface area contributed by atoms with Crippen molar-refractivity contribution in [3.8, 4) is 0 Å². The van der Waals surface area contributed by atoms with Crippen molar-refractivity contribution in [3.05, 3.63) is 33.3 Å². The van der Waals surface area contributed by atoms with Crippen LogP contribution in [0.4, 0.5) is 0 Å². The van der Waals surface area contributed by atoms with Gasteiger partial charge in [-0.2, -0.15) is 0 Å². The van der Waals surface area contributed by atoms with Crippen molar-refractivity contribution in [1.29, 1.82) is 0 Å². The van der Waals surface area contributed by atoms with E-state index >= 15 is 0 Å². The van der Waals surface area contributed by atoms with E-state index in [4.69, 9.17) is 11.6 Å². The standard InChI is InChI=1S/C15H23BrClN/c1-4-9-18-15(8-5-11(2)3)13-7-6-12(17)10-14(13)16/h6-7,10-11,15,18H,4-5,8-9H2,1-3H3. The Morgan fingerprint density at radius 2 is 2.00 bits per heavy atom. The fourth-order valence-electron chi connectivity index (χ4n) is 1.97. The maximum atomic E-state index is 6.00. The van der Waals surface area contributed by atoms with Gasteiger partial charge in [-0.05, 0) is 49.4 Å². The number of halogens is 2. The molecule has 3 heteroatoms. The van der Waals surface area contributed by atoms with E-state index in [2.05, 4.69) is 48.1 Å². The quantitative estimate of drug-likeness (QED) is 0.687. The van der Waals surface area contributed by atoms with Crippen LogP contribution in [0.5, 0.6) is 0 Å². The lowest BCUT2D eigenvalue weighted by Gasteiger charge is -2.21. The van der Waals surface area contributed by atoms with E-state index in [1.807, 2.05) is 12.1 Å². The van der Waals surface area contributed by atoms with Crippen molar-refractivity contribution in [3.63, 3.8) is 0 Å². The van der Waals surface area contributed by atoms with Crippen LogP contribution in [0, 0.1) is 5.92 Å². The molecule has 18 heavy (non-hydrogen) atoms. The Bertz CT molecular complexity index is 366. The van der Waals surface area contributed by atoms with Gasteiger partial charge in [-0.25, -0.2) is 0 Å². The second-order valence-corrected chi connectivity index (χ2v) is 6.43. The first-order valence-electron chi connectivity index (χ1n) is 6.73. The number of hydrogen-bond acceptors (Lipinski definition) is 1.